The number of aromatic nitrogens is 2. The molecular weight excluding hydrogens is 258 g/mol. The third-order valence-electron chi connectivity index (χ3n) is 2.83. The molecule has 1 saturated heterocycles. The number of amides is 1. The zero-order chi connectivity index (χ0) is 13.3. The zero-order valence-electron chi connectivity index (χ0n) is 9.85. The lowest BCUT2D eigenvalue weighted by Crippen LogP contribution is -2.59. The summed E-state index contributed by atoms with van der Waals surface area (Å²) in [5, 5.41) is 11.3. The largest absolute Gasteiger partial charge is 0.465 e. The van der Waals surface area contributed by atoms with Gasteiger partial charge in [0.05, 0.1) is 0 Å². The van der Waals surface area contributed by atoms with Gasteiger partial charge in [-0.05, 0) is 0 Å². The van der Waals surface area contributed by atoms with Crippen molar-refractivity contribution in [2.75, 3.05) is 30.3 Å². The maximum atomic E-state index is 10.4. The van der Waals surface area contributed by atoms with Crippen molar-refractivity contribution < 1.29 is 9.90 Å². The highest BCUT2D eigenvalue weighted by Crippen LogP contribution is 2.33. The van der Waals surface area contributed by atoms with Crippen LogP contribution in [0.4, 0.5) is 16.6 Å². The van der Waals surface area contributed by atoms with Crippen molar-refractivity contribution in [3.05, 3.63) is 11.2 Å². The number of nitrogens with zero attached hydrogens (tertiary/aromatic N) is 3. The number of carbonyl (C=O) groups is 1. The predicted octanol–water partition coefficient (Wildman–Crippen LogP) is 0.806. The minimum Gasteiger partial charge on any atom is -0.465 e. The van der Waals surface area contributed by atoms with Gasteiger partial charge in [-0.15, -0.1) is 0 Å². The molecule has 0 spiro atoms. The van der Waals surface area contributed by atoms with Gasteiger partial charge in [-0.1, -0.05) is 18.5 Å². The van der Waals surface area contributed by atoms with E-state index in [4.69, 9.17) is 22.4 Å². The fourth-order valence-corrected chi connectivity index (χ4v) is 2.21. The smallest absolute Gasteiger partial charge is 0.404 e. The fourth-order valence-electron chi connectivity index (χ4n) is 2.02. The summed E-state index contributed by atoms with van der Waals surface area (Å²) >= 11 is 5.80. The Hall–Kier alpha value is -1.76. The number of halogens is 1. The Morgan fingerprint density at radius 2 is 2.33 bits per heavy atom. The van der Waals surface area contributed by atoms with Crippen LogP contribution >= 0.6 is 11.6 Å². The normalized spacial score (nSPS) is 17.1. The average Bonchev–Trinajstić information content (AvgIpc) is 2.21. The van der Waals surface area contributed by atoms with E-state index in [9.17, 15) is 4.79 Å². The van der Waals surface area contributed by atoms with Crippen molar-refractivity contribution in [3.63, 3.8) is 0 Å². The first-order valence-electron chi connectivity index (χ1n) is 5.40. The number of nitrogens with two attached hydrogens (primary N) is 1. The van der Waals surface area contributed by atoms with E-state index < -0.39 is 6.09 Å². The van der Waals surface area contributed by atoms with E-state index in [1.807, 2.05) is 11.8 Å². The van der Waals surface area contributed by atoms with Gasteiger partial charge in [0, 0.05) is 31.1 Å². The molecule has 1 aromatic heterocycles. The second-order valence-corrected chi connectivity index (χ2v) is 5.12. The van der Waals surface area contributed by atoms with Gasteiger partial charge in [-0.2, -0.15) is 4.98 Å². The van der Waals surface area contributed by atoms with E-state index in [2.05, 4.69) is 15.3 Å². The van der Waals surface area contributed by atoms with Gasteiger partial charge in [0.15, 0.2) is 0 Å². The van der Waals surface area contributed by atoms with Crippen LogP contribution in [-0.4, -0.2) is 40.8 Å². The van der Waals surface area contributed by atoms with E-state index in [1.165, 1.54) is 0 Å². The van der Waals surface area contributed by atoms with E-state index in [0.717, 1.165) is 0 Å². The Balaban J connectivity index is 1.97. The molecule has 1 aromatic rings. The first kappa shape index (κ1) is 12.7. The molecule has 0 unspecified atom stereocenters. The molecule has 0 radical (unpaired) electrons. The van der Waals surface area contributed by atoms with Crippen molar-refractivity contribution >= 4 is 29.5 Å². The summed E-state index contributed by atoms with van der Waals surface area (Å²) in [7, 11) is 0. The number of hydrogen-bond acceptors (Lipinski definition) is 5. The second kappa shape index (κ2) is 4.49. The van der Waals surface area contributed by atoms with Crippen molar-refractivity contribution in [2.24, 2.45) is 5.41 Å². The number of anilines is 2. The molecule has 0 saturated carbocycles. The van der Waals surface area contributed by atoms with Crippen molar-refractivity contribution in [1.82, 2.24) is 15.3 Å². The molecular formula is C10H14ClN5O2. The number of nitrogen functional groups attached to an aromatic ring is 1. The Labute approximate surface area is 109 Å². The summed E-state index contributed by atoms with van der Waals surface area (Å²) in [4.78, 5) is 20.3. The molecule has 2 rings (SSSR count). The van der Waals surface area contributed by atoms with Gasteiger partial charge in [-0.3, -0.25) is 0 Å². The Morgan fingerprint density at radius 3 is 2.89 bits per heavy atom. The number of rotatable bonds is 3. The fraction of sp³-hybridized carbons (Fsp3) is 0.500. The third-order valence-corrected chi connectivity index (χ3v) is 3.03. The molecule has 1 fully saturated rings. The summed E-state index contributed by atoms with van der Waals surface area (Å²) < 4.78 is 0. The molecule has 0 aromatic carbocycles. The molecule has 8 heteroatoms. The third kappa shape index (κ3) is 2.73. The van der Waals surface area contributed by atoms with Crippen molar-refractivity contribution in [3.8, 4) is 0 Å². The molecule has 7 nitrogen and oxygen atoms in total. The molecule has 98 valence electrons. The highest BCUT2D eigenvalue weighted by molar-refractivity contribution is 6.29. The lowest BCUT2D eigenvalue weighted by atomic mass is 9.82. The van der Waals surface area contributed by atoms with Crippen LogP contribution in [-0.2, 0) is 0 Å². The van der Waals surface area contributed by atoms with Crippen LogP contribution in [0.5, 0.6) is 0 Å². The Morgan fingerprint density at radius 1 is 1.67 bits per heavy atom. The van der Waals surface area contributed by atoms with Crippen LogP contribution in [0.15, 0.2) is 6.07 Å². The zero-order valence-corrected chi connectivity index (χ0v) is 10.6. The lowest BCUT2D eigenvalue weighted by Gasteiger charge is -2.48. The number of carboxylic acid groups (broad SMARTS) is 1. The number of hydrogen-bond donors (Lipinski definition) is 3. The molecule has 4 N–H and O–H groups in total. The molecule has 2 heterocycles. The highest BCUT2D eigenvalue weighted by Gasteiger charge is 2.39. The van der Waals surface area contributed by atoms with Gasteiger partial charge in [0.25, 0.3) is 0 Å². The maximum absolute atomic E-state index is 10.4. The first-order valence-corrected chi connectivity index (χ1v) is 5.78. The van der Waals surface area contributed by atoms with Crippen molar-refractivity contribution in [2.45, 2.75) is 6.92 Å². The van der Waals surface area contributed by atoms with Crippen LogP contribution in [0.25, 0.3) is 0 Å². The van der Waals surface area contributed by atoms with Gasteiger partial charge >= 0.3 is 6.09 Å². The van der Waals surface area contributed by atoms with Gasteiger partial charge in [0.2, 0.25) is 5.95 Å². The van der Waals surface area contributed by atoms with Crippen molar-refractivity contribution in [1.29, 1.82) is 0 Å². The summed E-state index contributed by atoms with van der Waals surface area (Å²) in [6.07, 6.45) is -1.01. The summed E-state index contributed by atoms with van der Waals surface area (Å²) in [5.74, 6) is 0.801. The quantitative estimate of drug-likeness (QED) is 0.703. The minimum absolute atomic E-state index is 0.0927. The average molecular weight is 272 g/mol. The minimum atomic E-state index is -1.01. The lowest BCUT2D eigenvalue weighted by molar-refractivity contribution is 0.177. The SMILES string of the molecule is CC1(CNC(=O)O)CN(c2cc(Cl)nc(N)n2)C1. The molecule has 0 bridgehead atoms. The van der Waals surface area contributed by atoms with Crippen LogP contribution < -0.4 is 16.0 Å². The summed E-state index contributed by atoms with van der Waals surface area (Å²) in [6, 6.07) is 1.64. The molecule has 1 aliphatic heterocycles. The predicted molar refractivity (Wildman–Crippen MR) is 67.8 cm³/mol. The topological polar surface area (TPSA) is 104 Å². The number of nitrogens with one attached hydrogen (secondary N) is 1. The Kier molecular flexibility index (Phi) is 3.16. The van der Waals surface area contributed by atoms with Gasteiger partial charge in [-0.25, -0.2) is 9.78 Å². The first-order chi connectivity index (χ1) is 8.38. The van der Waals surface area contributed by atoms with E-state index in [0.29, 0.717) is 30.6 Å². The van der Waals surface area contributed by atoms with Gasteiger partial charge in [0.1, 0.15) is 11.0 Å². The standard InChI is InChI=1S/C10H14ClN5O2/c1-10(3-13-9(17)18)4-16(5-10)7-2-6(11)14-8(12)15-7/h2,13H,3-5H2,1H3,(H,17,18)(H2,12,14,15). The van der Waals surface area contributed by atoms with Crippen LogP contribution in [0.3, 0.4) is 0 Å². The Bertz CT molecular complexity index is 455. The maximum Gasteiger partial charge on any atom is 0.404 e. The monoisotopic (exact) mass is 271 g/mol. The molecule has 18 heavy (non-hydrogen) atoms. The highest BCUT2D eigenvalue weighted by atomic mass is 35.5. The molecule has 1 aliphatic rings. The van der Waals surface area contributed by atoms with E-state index in [-0.39, 0.29) is 11.4 Å². The summed E-state index contributed by atoms with van der Waals surface area (Å²) in [6.45, 7) is 3.80. The van der Waals surface area contributed by atoms with Crippen LogP contribution in [0.1, 0.15) is 6.92 Å². The summed E-state index contributed by atoms with van der Waals surface area (Å²) in [5.41, 5.74) is 5.43. The molecule has 0 aliphatic carbocycles. The van der Waals surface area contributed by atoms with E-state index >= 15 is 0 Å². The van der Waals surface area contributed by atoms with Crippen LogP contribution in [0, 0.1) is 5.41 Å². The van der Waals surface area contributed by atoms with E-state index in [1.54, 1.807) is 6.07 Å². The van der Waals surface area contributed by atoms with Crippen LogP contribution in [0.2, 0.25) is 5.15 Å². The van der Waals surface area contributed by atoms with Gasteiger partial charge < -0.3 is 21.1 Å². The molecule has 1 amide bonds. The molecule has 0 atom stereocenters. The second-order valence-electron chi connectivity index (χ2n) is 4.73.